The molecule has 0 radical (unpaired) electrons. The molecule has 0 fully saturated rings. The summed E-state index contributed by atoms with van der Waals surface area (Å²) in [6, 6.07) is 8.08. The zero-order chi connectivity index (χ0) is 15.7. The molecule has 4 heteroatoms. The van der Waals surface area contributed by atoms with Crippen molar-refractivity contribution in [1.82, 2.24) is 10.6 Å². The Morgan fingerprint density at radius 2 is 2.00 bits per heavy atom. The van der Waals surface area contributed by atoms with E-state index in [1.54, 1.807) is 6.92 Å². The molecule has 0 aliphatic carbocycles. The van der Waals surface area contributed by atoms with Crippen molar-refractivity contribution in [3.05, 3.63) is 29.8 Å². The van der Waals surface area contributed by atoms with E-state index in [2.05, 4.69) is 30.4 Å². The largest absolute Gasteiger partial charge is 0.481 e. The fourth-order valence-corrected chi connectivity index (χ4v) is 1.85. The Hall–Kier alpha value is -1.99. The van der Waals surface area contributed by atoms with E-state index < -0.39 is 6.10 Å². The topological polar surface area (TPSA) is 50.4 Å². The van der Waals surface area contributed by atoms with Gasteiger partial charge >= 0.3 is 0 Å². The molecule has 0 saturated carbocycles. The van der Waals surface area contributed by atoms with Crippen LogP contribution in [0.3, 0.4) is 0 Å². The molecule has 0 heterocycles. The second-order valence-corrected chi connectivity index (χ2v) is 4.93. The van der Waals surface area contributed by atoms with Gasteiger partial charge in [0, 0.05) is 6.04 Å². The van der Waals surface area contributed by atoms with E-state index in [0.29, 0.717) is 11.8 Å². The number of carbonyl (C=O) groups excluding carboxylic acids is 1. The molecule has 114 valence electrons. The average Bonchev–Trinajstić information content (AvgIpc) is 2.50. The Balaban J connectivity index is 2.54. The van der Waals surface area contributed by atoms with Crippen LogP contribution in [0.2, 0.25) is 0 Å². The molecule has 4 nitrogen and oxygen atoms in total. The summed E-state index contributed by atoms with van der Waals surface area (Å²) >= 11 is 0. The van der Waals surface area contributed by atoms with E-state index in [-0.39, 0.29) is 12.5 Å². The van der Waals surface area contributed by atoms with Crippen LogP contribution in [-0.4, -0.2) is 25.1 Å². The molecule has 1 amide bonds. The minimum Gasteiger partial charge on any atom is -0.481 e. The Labute approximate surface area is 127 Å². The number of hydrogen-bond acceptors (Lipinski definition) is 3. The third-order valence-electron chi connectivity index (χ3n) is 3.13. The van der Waals surface area contributed by atoms with E-state index in [1.807, 2.05) is 24.3 Å². The van der Waals surface area contributed by atoms with Gasteiger partial charge in [-0.3, -0.25) is 4.79 Å². The monoisotopic (exact) mass is 288 g/mol. The lowest BCUT2D eigenvalue weighted by molar-refractivity contribution is -0.126. The molecule has 21 heavy (non-hydrogen) atoms. The van der Waals surface area contributed by atoms with Crippen molar-refractivity contribution in [2.24, 2.45) is 0 Å². The van der Waals surface area contributed by atoms with Crippen molar-refractivity contribution < 1.29 is 9.53 Å². The summed E-state index contributed by atoms with van der Waals surface area (Å²) in [5, 5.41) is 6.02. The molecular formula is C17H24N2O2. The highest BCUT2D eigenvalue weighted by molar-refractivity contribution is 5.80. The van der Waals surface area contributed by atoms with Crippen molar-refractivity contribution in [2.75, 3.05) is 13.1 Å². The summed E-state index contributed by atoms with van der Waals surface area (Å²) in [5.41, 5.74) is 1.19. The van der Waals surface area contributed by atoms with Gasteiger partial charge in [0.25, 0.3) is 5.91 Å². The molecule has 0 aromatic heterocycles. The molecular weight excluding hydrogens is 264 g/mol. The number of rotatable bonds is 8. The third-order valence-corrected chi connectivity index (χ3v) is 3.13. The lowest BCUT2D eigenvalue weighted by Crippen LogP contribution is -2.36. The smallest absolute Gasteiger partial charge is 0.261 e. The highest BCUT2D eigenvalue weighted by Gasteiger charge is 2.13. The lowest BCUT2D eigenvalue weighted by atomic mass is 10.1. The molecule has 1 aromatic carbocycles. The van der Waals surface area contributed by atoms with Crippen LogP contribution in [0.25, 0.3) is 0 Å². The molecule has 2 atom stereocenters. The van der Waals surface area contributed by atoms with E-state index in [9.17, 15) is 4.79 Å². The molecule has 2 unspecified atom stereocenters. The predicted octanol–water partition coefficient (Wildman–Crippen LogP) is 2.26. The van der Waals surface area contributed by atoms with E-state index in [1.165, 1.54) is 5.56 Å². The number of hydrogen-bond donors (Lipinski definition) is 2. The van der Waals surface area contributed by atoms with Gasteiger partial charge in [0.1, 0.15) is 5.75 Å². The fraction of sp³-hybridized carbons (Fsp3) is 0.471. The highest BCUT2D eigenvalue weighted by atomic mass is 16.5. The lowest BCUT2D eigenvalue weighted by Gasteiger charge is -2.16. The standard InChI is InChI=1S/C17H24N2O2/c1-5-11-18-13(3)15-7-9-16(10-8-15)21-14(4)17(20)19-12-6-2/h2,7-10,13-14,18H,5,11-12H2,1,3-4H3,(H,19,20). The SMILES string of the molecule is C#CCNC(=O)C(C)Oc1ccc(C(C)NCCC)cc1. The van der Waals surface area contributed by atoms with Gasteiger partial charge in [0.15, 0.2) is 6.10 Å². The maximum Gasteiger partial charge on any atom is 0.261 e. The van der Waals surface area contributed by atoms with Gasteiger partial charge in [-0.1, -0.05) is 25.0 Å². The molecule has 0 bridgehead atoms. The number of nitrogens with one attached hydrogen (secondary N) is 2. The summed E-state index contributed by atoms with van der Waals surface area (Å²) in [4.78, 5) is 11.7. The normalized spacial score (nSPS) is 13.0. The second-order valence-electron chi connectivity index (χ2n) is 4.93. The fourth-order valence-electron chi connectivity index (χ4n) is 1.85. The van der Waals surface area contributed by atoms with Gasteiger partial charge in [-0.15, -0.1) is 6.42 Å². The van der Waals surface area contributed by atoms with Crippen molar-refractivity contribution in [1.29, 1.82) is 0 Å². The molecule has 0 spiro atoms. The van der Waals surface area contributed by atoms with Crippen LogP contribution in [0.5, 0.6) is 5.75 Å². The first-order chi connectivity index (χ1) is 10.1. The van der Waals surface area contributed by atoms with E-state index in [0.717, 1.165) is 13.0 Å². The Morgan fingerprint density at radius 3 is 2.57 bits per heavy atom. The first-order valence-corrected chi connectivity index (χ1v) is 7.29. The van der Waals surface area contributed by atoms with E-state index >= 15 is 0 Å². The number of ether oxygens (including phenoxy) is 1. The zero-order valence-corrected chi connectivity index (χ0v) is 13.0. The summed E-state index contributed by atoms with van der Waals surface area (Å²) in [7, 11) is 0. The van der Waals surface area contributed by atoms with Gasteiger partial charge in [0.05, 0.1) is 6.54 Å². The van der Waals surface area contributed by atoms with Gasteiger partial charge in [-0.2, -0.15) is 0 Å². The molecule has 0 aliphatic heterocycles. The van der Waals surface area contributed by atoms with Gasteiger partial charge in [-0.05, 0) is 44.5 Å². The zero-order valence-electron chi connectivity index (χ0n) is 13.0. The summed E-state index contributed by atoms with van der Waals surface area (Å²) < 4.78 is 5.59. The number of carbonyl (C=O) groups is 1. The molecule has 2 N–H and O–H groups in total. The molecule has 1 rings (SSSR count). The van der Waals surface area contributed by atoms with Crippen molar-refractivity contribution in [3.63, 3.8) is 0 Å². The Morgan fingerprint density at radius 1 is 1.33 bits per heavy atom. The maximum absolute atomic E-state index is 11.7. The summed E-state index contributed by atoms with van der Waals surface area (Å²) in [6.07, 6.45) is 5.64. The van der Waals surface area contributed by atoms with Crippen LogP contribution in [0.4, 0.5) is 0 Å². The number of terminal acetylenes is 1. The second kappa shape index (κ2) is 9.04. The third kappa shape index (κ3) is 5.88. The molecule has 1 aromatic rings. The van der Waals surface area contributed by atoms with Crippen LogP contribution in [0.1, 0.15) is 38.8 Å². The Kier molecular flexibility index (Phi) is 7.34. The van der Waals surface area contributed by atoms with Crippen LogP contribution in [0, 0.1) is 12.3 Å². The predicted molar refractivity (Wildman–Crippen MR) is 85.1 cm³/mol. The summed E-state index contributed by atoms with van der Waals surface area (Å²) in [5.74, 6) is 2.82. The minimum atomic E-state index is -0.570. The first-order valence-electron chi connectivity index (χ1n) is 7.29. The first kappa shape index (κ1) is 17.1. The number of benzene rings is 1. The Bertz CT molecular complexity index is 477. The number of amides is 1. The van der Waals surface area contributed by atoms with E-state index in [4.69, 9.17) is 11.2 Å². The average molecular weight is 288 g/mol. The minimum absolute atomic E-state index is 0.213. The van der Waals surface area contributed by atoms with Crippen LogP contribution in [0.15, 0.2) is 24.3 Å². The van der Waals surface area contributed by atoms with Crippen molar-refractivity contribution >= 4 is 5.91 Å². The van der Waals surface area contributed by atoms with Crippen molar-refractivity contribution in [2.45, 2.75) is 39.3 Å². The van der Waals surface area contributed by atoms with Crippen molar-refractivity contribution in [3.8, 4) is 18.1 Å². The van der Waals surface area contributed by atoms with Crippen LogP contribution >= 0.6 is 0 Å². The van der Waals surface area contributed by atoms with Crippen LogP contribution < -0.4 is 15.4 Å². The van der Waals surface area contributed by atoms with Crippen LogP contribution in [-0.2, 0) is 4.79 Å². The molecule has 0 aliphatic rings. The van der Waals surface area contributed by atoms with Gasteiger partial charge in [-0.25, -0.2) is 0 Å². The van der Waals surface area contributed by atoms with Gasteiger partial charge in [0.2, 0.25) is 0 Å². The molecule has 0 saturated heterocycles. The quantitative estimate of drug-likeness (QED) is 0.721. The summed E-state index contributed by atoms with van der Waals surface area (Å²) in [6.45, 7) is 7.17. The van der Waals surface area contributed by atoms with Gasteiger partial charge < -0.3 is 15.4 Å². The maximum atomic E-state index is 11.7. The highest BCUT2D eigenvalue weighted by Crippen LogP contribution is 2.18.